The number of nitrogens with one attached hydrogen (secondary N) is 1. The smallest absolute Gasteiger partial charge is 0.293 e. The van der Waals surface area contributed by atoms with Gasteiger partial charge in [0.1, 0.15) is 18.9 Å². The van der Waals surface area contributed by atoms with Gasteiger partial charge >= 0.3 is 0 Å². The van der Waals surface area contributed by atoms with Crippen LogP contribution >= 0.6 is 0 Å². The minimum absolute atomic E-state index is 0.158. The first-order valence-electron chi connectivity index (χ1n) is 6.52. The lowest BCUT2D eigenvalue weighted by Crippen LogP contribution is -2.15. The summed E-state index contributed by atoms with van der Waals surface area (Å²) < 4.78 is 10.9. The van der Waals surface area contributed by atoms with Crippen molar-refractivity contribution in [1.29, 1.82) is 5.26 Å². The van der Waals surface area contributed by atoms with Gasteiger partial charge in [-0.3, -0.25) is 10.1 Å². The van der Waals surface area contributed by atoms with E-state index in [1.165, 1.54) is 18.2 Å². The molecule has 1 heterocycles. The van der Waals surface area contributed by atoms with Crippen LogP contribution in [0.3, 0.4) is 0 Å². The molecule has 3 rings (SSSR count). The van der Waals surface area contributed by atoms with Crippen LogP contribution in [0.2, 0.25) is 0 Å². The molecule has 7 nitrogen and oxygen atoms in total. The maximum absolute atomic E-state index is 11.1. The van der Waals surface area contributed by atoms with Crippen LogP contribution in [0.5, 0.6) is 11.5 Å². The molecular formula is C15H11N3O4. The highest BCUT2D eigenvalue weighted by Gasteiger charge is 2.16. The zero-order valence-corrected chi connectivity index (χ0v) is 11.4. The number of benzene rings is 2. The van der Waals surface area contributed by atoms with Gasteiger partial charge in [-0.15, -0.1) is 0 Å². The fraction of sp³-hybridized carbons (Fsp3) is 0.133. The van der Waals surface area contributed by atoms with Crippen LogP contribution in [0.4, 0.5) is 17.1 Å². The van der Waals surface area contributed by atoms with E-state index in [1.807, 2.05) is 6.07 Å². The summed E-state index contributed by atoms with van der Waals surface area (Å²) in [5.74, 6) is 1.23. The van der Waals surface area contributed by atoms with Crippen LogP contribution in [0.25, 0.3) is 0 Å². The summed E-state index contributed by atoms with van der Waals surface area (Å²) in [6, 6.07) is 11.4. The number of ether oxygens (including phenoxy) is 2. The summed E-state index contributed by atoms with van der Waals surface area (Å²) in [7, 11) is 0. The van der Waals surface area contributed by atoms with E-state index in [9.17, 15) is 10.1 Å². The molecule has 0 saturated heterocycles. The summed E-state index contributed by atoms with van der Waals surface area (Å²) >= 11 is 0. The average molecular weight is 297 g/mol. The first-order chi connectivity index (χ1) is 10.7. The fourth-order valence-electron chi connectivity index (χ4n) is 2.13. The number of nitro groups is 1. The molecule has 110 valence electrons. The molecule has 22 heavy (non-hydrogen) atoms. The molecule has 1 aliphatic rings. The molecule has 0 aromatic heterocycles. The Hall–Kier alpha value is -3.27. The van der Waals surface area contributed by atoms with Gasteiger partial charge in [0.2, 0.25) is 0 Å². The zero-order valence-electron chi connectivity index (χ0n) is 11.4. The number of rotatable bonds is 3. The van der Waals surface area contributed by atoms with Crippen LogP contribution in [0.1, 0.15) is 5.56 Å². The highest BCUT2D eigenvalue weighted by molar-refractivity contribution is 5.72. The number of anilines is 2. The number of nitro benzene ring substituents is 1. The lowest BCUT2D eigenvalue weighted by atomic mass is 10.1. The van der Waals surface area contributed by atoms with Crippen molar-refractivity contribution in [3.05, 3.63) is 52.1 Å². The third-order valence-electron chi connectivity index (χ3n) is 3.14. The van der Waals surface area contributed by atoms with Gasteiger partial charge in [0.15, 0.2) is 11.5 Å². The van der Waals surface area contributed by atoms with Gasteiger partial charge in [-0.05, 0) is 24.3 Å². The molecule has 0 saturated carbocycles. The molecule has 0 spiro atoms. The Morgan fingerprint density at radius 2 is 1.91 bits per heavy atom. The van der Waals surface area contributed by atoms with E-state index in [-0.39, 0.29) is 11.3 Å². The van der Waals surface area contributed by atoms with Gasteiger partial charge in [0.25, 0.3) is 5.69 Å². The van der Waals surface area contributed by atoms with Gasteiger partial charge in [0.05, 0.1) is 16.6 Å². The van der Waals surface area contributed by atoms with Crippen LogP contribution in [0, 0.1) is 21.4 Å². The molecule has 0 radical (unpaired) electrons. The number of hydrogen-bond donors (Lipinski definition) is 1. The lowest BCUT2D eigenvalue weighted by molar-refractivity contribution is -0.383. The predicted octanol–water partition coefficient (Wildman–Crippen LogP) is 2.98. The third-order valence-corrected chi connectivity index (χ3v) is 3.14. The maximum Gasteiger partial charge on any atom is 0.293 e. The van der Waals surface area contributed by atoms with Crippen molar-refractivity contribution in [2.45, 2.75) is 0 Å². The number of hydrogen-bond acceptors (Lipinski definition) is 6. The predicted molar refractivity (Wildman–Crippen MR) is 78.5 cm³/mol. The second kappa shape index (κ2) is 5.61. The molecule has 0 aliphatic carbocycles. The normalized spacial score (nSPS) is 12.3. The first-order valence-corrected chi connectivity index (χ1v) is 6.52. The average Bonchev–Trinajstić information content (AvgIpc) is 2.55. The number of nitrogens with zero attached hydrogens (tertiary/aromatic N) is 2. The van der Waals surface area contributed by atoms with Crippen LogP contribution in [-0.4, -0.2) is 18.1 Å². The van der Waals surface area contributed by atoms with Crippen molar-refractivity contribution < 1.29 is 14.4 Å². The minimum atomic E-state index is -0.527. The van der Waals surface area contributed by atoms with Crippen LogP contribution < -0.4 is 14.8 Å². The highest BCUT2D eigenvalue weighted by Crippen LogP contribution is 2.35. The molecule has 7 heteroatoms. The maximum atomic E-state index is 11.1. The zero-order chi connectivity index (χ0) is 15.5. The molecule has 0 bridgehead atoms. The van der Waals surface area contributed by atoms with E-state index in [0.717, 1.165) is 0 Å². The van der Waals surface area contributed by atoms with Crippen molar-refractivity contribution >= 4 is 17.1 Å². The Labute approximate surface area is 125 Å². The van der Waals surface area contributed by atoms with Crippen molar-refractivity contribution in [3.63, 3.8) is 0 Å². The molecule has 0 unspecified atom stereocenters. The molecule has 0 amide bonds. The molecule has 1 aliphatic heterocycles. The summed E-state index contributed by atoms with van der Waals surface area (Å²) in [5.41, 5.74) is 1.02. The van der Waals surface area contributed by atoms with Crippen molar-refractivity contribution in [1.82, 2.24) is 0 Å². The van der Waals surface area contributed by atoms with Crippen molar-refractivity contribution in [2.24, 2.45) is 0 Å². The van der Waals surface area contributed by atoms with E-state index in [0.29, 0.717) is 36.1 Å². The summed E-state index contributed by atoms with van der Waals surface area (Å²) in [6.07, 6.45) is 0. The Morgan fingerprint density at radius 1 is 1.14 bits per heavy atom. The Kier molecular flexibility index (Phi) is 3.50. The largest absolute Gasteiger partial charge is 0.486 e. The second-order valence-corrected chi connectivity index (χ2v) is 4.58. The SMILES string of the molecule is N#Cc1ccc(Nc2ccc3c(c2)OCCO3)c([N+](=O)[O-])c1. The van der Waals surface area contributed by atoms with Gasteiger partial charge in [-0.2, -0.15) is 5.26 Å². The second-order valence-electron chi connectivity index (χ2n) is 4.58. The standard InChI is InChI=1S/C15H11N3O4/c16-9-10-1-3-12(13(7-10)18(19)20)17-11-2-4-14-15(8-11)22-6-5-21-14/h1-4,7-8,17H,5-6H2. The van der Waals surface area contributed by atoms with E-state index in [1.54, 1.807) is 18.2 Å². The highest BCUT2D eigenvalue weighted by atomic mass is 16.6. The van der Waals surface area contributed by atoms with Crippen LogP contribution in [-0.2, 0) is 0 Å². The Morgan fingerprint density at radius 3 is 2.64 bits per heavy atom. The Bertz CT molecular complexity index is 783. The monoisotopic (exact) mass is 297 g/mol. The molecule has 0 fully saturated rings. The lowest BCUT2D eigenvalue weighted by Gasteiger charge is -2.19. The van der Waals surface area contributed by atoms with Crippen molar-refractivity contribution in [2.75, 3.05) is 18.5 Å². The quantitative estimate of drug-likeness (QED) is 0.691. The molecular weight excluding hydrogens is 286 g/mol. The molecule has 2 aromatic carbocycles. The van der Waals surface area contributed by atoms with Gasteiger partial charge < -0.3 is 14.8 Å². The molecule has 0 atom stereocenters. The molecule has 1 N–H and O–H groups in total. The van der Waals surface area contributed by atoms with E-state index in [4.69, 9.17) is 14.7 Å². The van der Waals surface area contributed by atoms with E-state index in [2.05, 4.69) is 5.32 Å². The number of fused-ring (bicyclic) bond motifs is 1. The third kappa shape index (κ3) is 2.62. The fourth-order valence-corrected chi connectivity index (χ4v) is 2.13. The van der Waals surface area contributed by atoms with Crippen molar-refractivity contribution in [3.8, 4) is 17.6 Å². The van der Waals surface area contributed by atoms with Gasteiger partial charge in [-0.1, -0.05) is 0 Å². The van der Waals surface area contributed by atoms with Gasteiger partial charge in [0, 0.05) is 17.8 Å². The van der Waals surface area contributed by atoms with Gasteiger partial charge in [-0.25, -0.2) is 0 Å². The number of nitriles is 1. The van der Waals surface area contributed by atoms with E-state index >= 15 is 0 Å². The minimum Gasteiger partial charge on any atom is -0.486 e. The topological polar surface area (TPSA) is 97.4 Å². The van der Waals surface area contributed by atoms with Crippen LogP contribution in [0.15, 0.2) is 36.4 Å². The summed E-state index contributed by atoms with van der Waals surface area (Å²) in [5, 5.41) is 22.9. The first kappa shape index (κ1) is 13.7. The summed E-state index contributed by atoms with van der Waals surface area (Å²) in [6.45, 7) is 0.967. The Balaban J connectivity index is 1.93. The summed E-state index contributed by atoms with van der Waals surface area (Å²) in [4.78, 5) is 10.6. The molecule has 2 aromatic rings. The van der Waals surface area contributed by atoms with E-state index < -0.39 is 4.92 Å².